The van der Waals surface area contributed by atoms with Crippen LogP contribution >= 0.6 is 0 Å². The minimum Gasteiger partial charge on any atom is -0.496 e. The molecule has 1 atom stereocenters. The number of furan rings is 1. The van der Waals surface area contributed by atoms with Gasteiger partial charge in [-0.3, -0.25) is 4.79 Å². The molecule has 0 saturated heterocycles. The Bertz CT molecular complexity index is 987. The Morgan fingerprint density at radius 2 is 1.89 bits per heavy atom. The van der Waals surface area contributed by atoms with Crippen LogP contribution in [-0.4, -0.2) is 20.1 Å². The van der Waals surface area contributed by atoms with Gasteiger partial charge in [0.05, 0.1) is 20.3 Å². The van der Waals surface area contributed by atoms with Crippen molar-refractivity contribution in [3.63, 3.8) is 0 Å². The quantitative estimate of drug-likeness (QED) is 0.646. The first-order valence-corrected chi connectivity index (χ1v) is 8.71. The lowest BCUT2D eigenvalue weighted by atomic mass is 10.0. The predicted molar refractivity (Wildman–Crippen MR) is 106 cm³/mol. The SMILES string of the molecule is COc1ccc(C)cc1C(C)NC(=O)/C=C/c1cc2cccc(OC)c2o1. The minimum absolute atomic E-state index is 0.187. The van der Waals surface area contributed by atoms with E-state index in [4.69, 9.17) is 13.9 Å². The zero-order valence-electron chi connectivity index (χ0n) is 15.9. The van der Waals surface area contributed by atoms with Gasteiger partial charge in [-0.15, -0.1) is 0 Å². The zero-order valence-corrected chi connectivity index (χ0v) is 15.9. The number of ether oxygens (including phenoxy) is 2. The summed E-state index contributed by atoms with van der Waals surface area (Å²) in [5.74, 6) is 1.79. The van der Waals surface area contributed by atoms with Crippen LogP contribution < -0.4 is 14.8 Å². The van der Waals surface area contributed by atoms with E-state index >= 15 is 0 Å². The molecule has 0 radical (unpaired) electrons. The van der Waals surface area contributed by atoms with Crippen LogP contribution in [0.15, 0.2) is 53.0 Å². The number of nitrogens with one attached hydrogen (secondary N) is 1. The lowest BCUT2D eigenvalue weighted by Crippen LogP contribution is -2.25. The molecule has 1 N–H and O–H groups in total. The molecule has 140 valence electrons. The minimum atomic E-state index is -0.210. The second-order valence-corrected chi connectivity index (χ2v) is 6.34. The lowest BCUT2D eigenvalue weighted by molar-refractivity contribution is -0.117. The van der Waals surface area contributed by atoms with Crippen molar-refractivity contribution in [2.75, 3.05) is 14.2 Å². The molecule has 3 aromatic rings. The summed E-state index contributed by atoms with van der Waals surface area (Å²) in [4.78, 5) is 12.3. The molecule has 1 heterocycles. The fraction of sp³-hybridized carbons (Fsp3) is 0.227. The van der Waals surface area contributed by atoms with E-state index in [1.807, 2.05) is 56.3 Å². The standard InChI is InChI=1S/C22H23NO4/c1-14-8-10-19(25-3)18(12-14)15(2)23-21(24)11-9-17-13-16-6-5-7-20(26-4)22(16)27-17/h5-13,15H,1-4H3,(H,23,24)/b11-9+. The van der Waals surface area contributed by atoms with Gasteiger partial charge in [0.15, 0.2) is 11.3 Å². The van der Waals surface area contributed by atoms with Crippen LogP contribution in [0.2, 0.25) is 0 Å². The highest BCUT2D eigenvalue weighted by molar-refractivity contribution is 5.93. The predicted octanol–water partition coefficient (Wildman–Crippen LogP) is 4.65. The number of amides is 1. The molecule has 0 fully saturated rings. The molecular formula is C22H23NO4. The molecule has 5 heteroatoms. The molecule has 0 aliphatic carbocycles. The first kappa shape index (κ1) is 18.6. The van der Waals surface area contributed by atoms with Crippen LogP contribution in [-0.2, 0) is 4.79 Å². The molecule has 0 spiro atoms. The van der Waals surface area contributed by atoms with Crippen molar-refractivity contribution in [3.05, 3.63) is 65.4 Å². The second-order valence-electron chi connectivity index (χ2n) is 6.34. The van der Waals surface area contributed by atoms with Gasteiger partial charge < -0.3 is 19.2 Å². The largest absolute Gasteiger partial charge is 0.496 e. The van der Waals surface area contributed by atoms with Gasteiger partial charge in [0.2, 0.25) is 5.91 Å². The highest BCUT2D eigenvalue weighted by Gasteiger charge is 2.13. The van der Waals surface area contributed by atoms with Crippen molar-refractivity contribution in [3.8, 4) is 11.5 Å². The normalized spacial score (nSPS) is 12.3. The van der Waals surface area contributed by atoms with Crippen LogP contribution in [0.25, 0.3) is 17.0 Å². The van der Waals surface area contributed by atoms with Gasteiger partial charge in [-0.25, -0.2) is 0 Å². The highest BCUT2D eigenvalue weighted by Crippen LogP contribution is 2.29. The summed E-state index contributed by atoms with van der Waals surface area (Å²) < 4.78 is 16.5. The van der Waals surface area contributed by atoms with Gasteiger partial charge in [0.25, 0.3) is 0 Å². The number of benzene rings is 2. The monoisotopic (exact) mass is 365 g/mol. The Morgan fingerprint density at radius 3 is 2.63 bits per heavy atom. The van der Waals surface area contributed by atoms with Crippen molar-refractivity contribution in [2.45, 2.75) is 19.9 Å². The molecule has 1 amide bonds. The molecule has 0 saturated carbocycles. The summed E-state index contributed by atoms with van der Waals surface area (Å²) in [6.07, 6.45) is 3.11. The highest BCUT2D eigenvalue weighted by atomic mass is 16.5. The summed E-state index contributed by atoms with van der Waals surface area (Å²) in [6, 6.07) is 13.3. The van der Waals surface area contributed by atoms with Crippen molar-refractivity contribution in [2.24, 2.45) is 0 Å². The first-order valence-electron chi connectivity index (χ1n) is 8.71. The van der Waals surface area contributed by atoms with Gasteiger partial charge >= 0.3 is 0 Å². The molecule has 0 bridgehead atoms. The van der Waals surface area contributed by atoms with Gasteiger partial charge in [-0.05, 0) is 38.1 Å². The molecule has 1 unspecified atom stereocenters. The second kappa shape index (κ2) is 7.99. The van der Waals surface area contributed by atoms with E-state index in [0.29, 0.717) is 17.1 Å². The van der Waals surface area contributed by atoms with E-state index in [2.05, 4.69) is 5.32 Å². The smallest absolute Gasteiger partial charge is 0.244 e. The van der Waals surface area contributed by atoms with Crippen LogP contribution in [0, 0.1) is 6.92 Å². The van der Waals surface area contributed by atoms with Gasteiger partial charge in [-0.1, -0.05) is 29.8 Å². The fourth-order valence-corrected chi connectivity index (χ4v) is 2.99. The number of carbonyl (C=O) groups is 1. The van der Waals surface area contributed by atoms with Crippen LogP contribution in [0.3, 0.4) is 0 Å². The Morgan fingerprint density at radius 1 is 1.11 bits per heavy atom. The average Bonchev–Trinajstić information content (AvgIpc) is 3.09. The van der Waals surface area contributed by atoms with Crippen LogP contribution in [0.1, 0.15) is 29.9 Å². The molecule has 27 heavy (non-hydrogen) atoms. The van der Waals surface area contributed by atoms with Crippen molar-refractivity contribution < 1.29 is 18.7 Å². The number of rotatable bonds is 6. The van der Waals surface area contributed by atoms with Gasteiger partial charge in [-0.2, -0.15) is 0 Å². The van der Waals surface area contributed by atoms with E-state index < -0.39 is 0 Å². The van der Waals surface area contributed by atoms with Crippen molar-refractivity contribution >= 4 is 23.0 Å². The fourth-order valence-electron chi connectivity index (χ4n) is 2.99. The number of hydrogen-bond acceptors (Lipinski definition) is 4. The zero-order chi connectivity index (χ0) is 19.4. The van der Waals surface area contributed by atoms with Crippen LogP contribution in [0.5, 0.6) is 11.5 Å². The van der Waals surface area contributed by atoms with E-state index in [-0.39, 0.29) is 11.9 Å². The summed E-state index contributed by atoms with van der Waals surface area (Å²) in [5.41, 5.74) is 2.71. The number of fused-ring (bicyclic) bond motifs is 1. The van der Waals surface area contributed by atoms with Gasteiger partial charge in [0.1, 0.15) is 11.5 Å². The Hall–Kier alpha value is -3.21. The average molecular weight is 365 g/mol. The number of hydrogen-bond donors (Lipinski definition) is 1. The number of aryl methyl sites for hydroxylation is 1. The van der Waals surface area contributed by atoms with E-state index in [9.17, 15) is 4.79 Å². The van der Waals surface area contributed by atoms with E-state index in [1.54, 1.807) is 20.3 Å². The van der Waals surface area contributed by atoms with Crippen LogP contribution in [0.4, 0.5) is 0 Å². The number of carbonyl (C=O) groups excluding carboxylic acids is 1. The lowest BCUT2D eigenvalue weighted by Gasteiger charge is -2.17. The molecule has 0 aliphatic heterocycles. The molecule has 1 aromatic heterocycles. The number of methoxy groups -OCH3 is 2. The molecular weight excluding hydrogens is 342 g/mol. The molecule has 2 aromatic carbocycles. The summed E-state index contributed by atoms with van der Waals surface area (Å²) in [5, 5.41) is 3.88. The topological polar surface area (TPSA) is 60.7 Å². The summed E-state index contributed by atoms with van der Waals surface area (Å²) in [7, 11) is 3.22. The number of para-hydroxylation sites is 1. The maximum absolute atomic E-state index is 12.3. The third kappa shape index (κ3) is 4.14. The maximum Gasteiger partial charge on any atom is 0.244 e. The van der Waals surface area contributed by atoms with E-state index in [1.165, 1.54) is 6.08 Å². The van der Waals surface area contributed by atoms with Crippen molar-refractivity contribution in [1.82, 2.24) is 5.32 Å². The summed E-state index contributed by atoms with van der Waals surface area (Å²) in [6.45, 7) is 3.93. The summed E-state index contributed by atoms with van der Waals surface area (Å²) >= 11 is 0. The third-order valence-corrected chi connectivity index (χ3v) is 4.36. The molecule has 3 rings (SSSR count). The Balaban J connectivity index is 1.73. The van der Waals surface area contributed by atoms with Crippen molar-refractivity contribution in [1.29, 1.82) is 0 Å². The maximum atomic E-state index is 12.3. The Kier molecular flexibility index (Phi) is 5.50. The molecule has 5 nitrogen and oxygen atoms in total. The Labute approximate surface area is 158 Å². The third-order valence-electron chi connectivity index (χ3n) is 4.36. The van der Waals surface area contributed by atoms with Gasteiger partial charge in [0, 0.05) is 17.0 Å². The van der Waals surface area contributed by atoms with E-state index in [0.717, 1.165) is 22.3 Å². The molecule has 0 aliphatic rings. The first-order chi connectivity index (χ1) is 13.0.